The van der Waals surface area contributed by atoms with Gasteiger partial charge in [0.25, 0.3) is 11.8 Å². The van der Waals surface area contributed by atoms with E-state index in [9.17, 15) is 53.5 Å². The van der Waals surface area contributed by atoms with Crippen molar-refractivity contribution in [2.75, 3.05) is 10.6 Å². The first-order valence-corrected chi connectivity index (χ1v) is 12.8. The fraction of sp³-hybridized carbons (Fsp3) is 0.167. The predicted octanol–water partition coefficient (Wildman–Crippen LogP) is 9.52. The van der Waals surface area contributed by atoms with Gasteiger partial charge in [0.05, 0.1) is 16.8 Å². The standard InChI is InChI=1S/C24H11BrClF10IN2O2/c25-16-9-12(26)4-5-14(16)20(41)38-13-3-1-2-10(6-13)19(40)39-18-15(22(28,29)30)7-11(8-17(18)37)21(27,23(31,32)33)24(34,35)36/h1-9H,(H,38,41)(H,39,40). The molecular formula is C24H11BrClF10IN2O2. The van der Waals surface area contributed by atoms with Crippen molar-refractivity contribution in [1.29, 1.82) is 0 Å². The molecule has 0 saturated heterocycles. The van der Waals surface area contributed by atoms with Crippen molar-refractivity contribution >= 4 is 73.3 Å². The second-order valence-electron chi connectivity index (χ2n) is 8.15. The molecule has 0 heterocycles. The summed E-state index contributed by atoms with van der Waals surface area (Å²) in [7, 11) is 0. The summed E-state index contributed by atoms with van der Waals surface area (Å²) >= 11 is 9.93. The fourth-order valence-corrected chi connectivity index (χ4v) is 5.06. The van der Waals surface area contributed by atoms with Gasteiger partial charge in [-0.3, -0.25) is 9.59 Å². The van der Waals surface area contributed by atoms with Gasteiger partial charge in [-0.1, -0.05) is 17.7 Å². The molecule has 0 aromatic heterocycles. The number of anilines is 2. The third-order valence-corrected chi connectivity index (χ3v) is 7.11. The molecule has 0 radical (unpaired) electrons. The Kier molecular flexibility index (Phi) is 9.30. The number of alkyl halides is 10. The minimum Gasteiger partial charge on any atom is -0.322 e. The SMILES string of the molecule is O=C(Nc1c(I)cc(C(F)(C(F)(F)F)C(F)(F)F)cc1C(F)(F)F)c1cccc(NC(=O)c2ccc(Cl)cc2Br)c1. The van der Waals surface area contributed by atoms with Crippen LogP contribution >= 0.6 is 50.1 Å². The topological polar surface area (TPSA) is 58.2 Å². The minimum atomic E-state index is -6.66. The maximum absolute atomic E-state index is 14.5. The summed E-state index contributed by atoms with van der Waals surface area (Å²) in [5.41, 5.74) is -12.1. The van der Waals surface area contributed by atoms with Gasteiger partial charge in [-0.25, -0.2) is 4.39 Å². The van der Waals surface area contributed by atoms with E-state index in [2.05, 4.69) is 21.2 Å². The molecule has 0 unspecified atom stereocenters. The average molecular weight is 792 g/mol. The number of halogens is 13. The van der Waals surface area contributed by atoms with E-state index in [1.54, 1.807) is 5.32 Å². The molecule has 0 aliphatic carbocycles. The smallest absolute Gasteiger partial charge is 0.322 e. The van der Waals surface area contributed by atoms with Gasteiger partial charge in [-0.15, -0.1) is 0 Å². The molecule has 0 aliphatic heterocycles. The Morgan fingerprint density at radius 2 is 1.39 bits per heavy atom. The monoisotopic (exact) mass is 790 g/mol. The van der Waals surface area contributed by atoms with E-state index in [1.165, 1.54) is 30.3 Å². The van der Waals surface area contributed by atoms with Crippen molar-refractivity contribution in [1.82, 2.24) is 0 Å². The predicted molar refractivity (Wildman–Crippen MR) is 141 cm³/mol. The lowest BCUT2D eigenvalue weighted by molar-refractivity contribution is -0.348. The van der Waals surface area contributed by atoms with Gasteiger partial charge in [0.2, 0.25) is 0 Å². The maximum atomic E-state index is 14.5. The molecule has 0 fully saturated rings. The number of hydrogen-bond donors (Lipinski definition) is 2. The van der Waals surface area contributed by atoms with Crippen LogP contribution in [0.15, 0.2) is 59.1 Å². The summed E-state index contributed by atoms with van der Waals surface area (Å²) in [5.74, 6) is -1.94. The largest absolute Gasteiger partial charge is 0.435 e. The average Bonchev–Trinajstić information content (AvgIpc) is 2.82. The second-order valence-corrected chi connectivity index (χ2v) is 10.6. The van der Waals surface area contributed by atoms with Gasteiger partial charge in [0.1, 0.15) is 0 Å². The lowest BCUT2D eigenvalue weighted by Gasteiger charge is -2.31. The molecule has 0 spiro atoms. The van der Waals surface area contributed by atoms with E-state index in [1.807, 2.05) is 0 Å². The second kappa shape index (κ2) is 11.6. The van der Waals surface area contributed by atoms with E-state index < -0.39 is 62.5 Å². The number of carbonyl (C=O) groups is 2. The molecule has 41 heavy (non-hydrogen) atoms. The van der Waals surface area contributed by atoms with Crippen LogP contribution in [0.4, 0.5) is 55.3 Å². The molecule has 2 N–H and O–H groups in total. The van der Waals surface area contributed by atoms with Crippen molar-refractivity contribution in [3.63, 3.8) is 0 Å². The van der Waals surface area contributed by atoms with Crippen LogP contribution in [-0.4, -0.2) is 24.2 Å². The molecule has 17 heteroatoms. The van der Waals surface area contributed by atoms with E-state index >= 15 is 0 Å². The van der Waals surface area contributed by atoms with Crippen LogP contribution in [0.2, 0.25) is 5.02 Å². The van der Waals surface area contributed by atoms with E-state index in [0.29, 0.717) is 9.50 Å². The molecule has 4 nitrogen and oxygen atoms in total. The number of hydrogen-bond acceptors (Lipinski definition) is 2. The lowest BCUT2D eigenvalue weighted by Crippen LogP contribution is -2.50. The third-order valence-electron chi connectivity index (χ3n) is 5.37. The quantitative estimate of drug-likeness (QED) is 0.200. The highest BCUT2D eigenvalue weighted by atomic mass is 127. The van der Waals surface area contributed by atoms with Crippen LogP contribution in [0.25, 0.3) is 0 Å². The highest BCUT2D eigenvalue weighted by molar-refractivity contribution is 14.1. The number of nitrogens with one attached hydrogen (secondary N) is 2. The first-order chi connectivity index (χ1) is 18.7. The molecular weight excluding hydrogens is 781 g/mol. The summed E-state index contributed by atoms with van der Waals surface area (Å²) < 4.78 is 134. The molecule has 220 valence electrons. The summed E-state index contributed by atoms with van der Waals surface area (Å²) in [4.78, 5) is 25.4. The Labute approximate surface area is 250 Å². The Balaban J connectivity index is 1.99. The third kappa shape index (κ3) is 6.90. The summed E-state index contributed by atoms with van der Waals surface area (Å²) in [5, 5.41) is 4.57. The van der Waals surface area contributed by atoms with Crippen LogP contribution in [0.5, 0.6) is 0 Å². The summed E-state index contributed by atoms with van der Waals surface area (Å²) in [6.07, 6.45) is -18.9. The molecule has 2 amide bonds. The zero-order valence-electron chi connectivity index (χ0n) is 19.4. The Hall–Kier alpha value is -2.60. The normalized spacial score (nSPS) is 12.7. The highest BCUT2D eigenvalue weighted by Crippen LogP contribution is 2.54. The van der Waals surface area contributed by atoms with Gasteiger partial charge >= 0.3 is 24.2 Å². The van der Waals surface area contributed by atoms with Gasteiger partial charge in [0, 0.05) is 29.9 Å². The Morgan fingerprint density at radius 3 is 1.93 bits per heavy atom. The van der Waals surface area contributed by atoms with Crippen LogP contribution < -0.4 is 10.6 Å². The first-order valence-electron chi connectivity index (χ1n) is 10.6. The molecule has 3 aromatic rings. The Bertz CT molecular complexity index is 1500. The van der Waals surface area contributed by atoms with Crippen molar-refractivity contribution in [3.8, 4) is 0 Å². The number of rotatable bonds is 5. The highest BCUT2D eigenvalue weighted by Gasteiger charge is 2.73. The molecule has 0 aliphatic rings. The van der Waals surface area contributed by atoms with Crippen molar-refractivity contribution in [2.24, 2.45) is 0 Å². The van der Waals surface area contributed by atoms with Crippen molar-refractivity contribution < 1.29 is 53.5 Å². The lowest BCUT2D eigenvalue weighted by atomic mass is 9.92. The molecule has 0 bridgehead atoms. The summed E-state index contributed by atoms with van der Waals surface area (Å²) in [6.45, 7) is 0. The van der Waals surface area contributed by atoms with Crippen LogP contribution in [0, 0.1) is 3.57 Å². The number of carbonyl (C=O) groups excluding carboxylic acids is 2. The van der Waals surface area contributed by atoms with Crippen molar-refractivity contribution in [3.05, 3.63) is 89.9 Å². The minimum absolute atomic E-state index is 0.00292. The van der Waals surface area contributed by atoms with Crippen LogP contribution in [-0.2, 0) is 11.8 Å². The van der Waals surface area contributed by atoms with E-state index in [4.69, 9.17) is 11.6 Å². The zero-order valence-corrected chi connectivity index (χ0v) is 23.9. The Morgan fingerprint density at radius 1 is 0.780 bits per heavy atom. The summed E-state index contributed by atoms with van der Waals surface area (Å²) in [6, 6.07) is 8.22. The maximum Gasteiger partial charge on any atom is 0.435 e. The number of benzene rings is 3. The van der Waals surface area contributed by atoms with Gasteiger partial charge in [-0.05, 0) is 87.1 Å². The van der Waals surface area contributed by atoms with Crippen molar-refractivity contribution in [2.45, 2.75) is 24.2 Å². The zero-order chi connectivity index (χ0) is 31.1. The van der Waals surface area contributed by atoms with E-state index in [-0.39, 0.29) is 22.9 Å². The fourth-order valence-electron chi connectivity index (χ4n) is 3.44. The molecule has 0 saturated carbocycles. The molecule has 3 aromatic carbocycles. The van der Waals surface area contributed by atoms with Gasteiger partial charge < -0.3 is 10.6 Å². The van der Waals surface area contributed by atoms with E-state index in [0.717, 1.165) is 34.7 Å². The van der Waals surface area contributed by atoms with Crippen LogP contribution in [0.1, 0.15) is 31.8 Å². The molecule has 3 rings (SSSR count). The number of amides is 2. The van der Waals surface area contributed by atoms with Gasteiger partial charge in [0.15, 0.2) is 0 Å². The van der Waals surface area contributed by atoms with Gasteiger partial charge in [-0.2, -0.15) is 39.5 Å². The first kappa shape index (κ1) is 32.9. The van der Waals surface area contributed by atoms with Crippen LogP contribution in [0.3, 0.4) is 0 Å². The molecule has 0 atom stereocenters.